The first-order valence-electron chi connectivity index (χ1n) is 7.02. The highest BCUT2D eigenvalue weighted by molar-refractivity contribution is 6.30. The maximum Gasteiger partial charge on any atom is 0.101 e. The van der Waals surface area contributed by atoms with E-state index in [0.717, 1.165) is 30.6 Å². The van der Waals surface area contributed by atoms with Gasteiger partial charge in [0, 0.05) is 10.7 Å². The molecule has 2 aromatic carbocycles. The highest BCUT2D eigenvalue weighted by Crippen LogP contribution is 2.34. The molecular formula is C17H16ClN3. The van der Waals surface area contributed by atoms with E-state index in [-0.39, 0.29) is 6.04 Å². The summed E-state index contributed by atoms with van der Waals surface area (Å²) in [7, 11) is 0. The average Bonchev–Trinajstić information content (AvgIpc) is 2.49. The van der Waals surface area contributed by atoms with E-state index in [1.54, 1.807) is 12.1 Å². The number of fused-ring (bicyclic) bond motifs is 1. The van der Waals surface area contributed by atoms with Crippen molar-refractivity contribution in [2.45, 2.75) is 25.3 Å². The molecule has 1 aliphatic carbocycles. The van der Waals surface area contributed by atoms with Crippen LogP contribution < -0.4 is 11.1 Å². The van der Waals surface area contributed by atoms with Gasteiger partial charge in [0.2, 0.25) is 0 Å². The largest absolute Gasteiger partial charge is 0.399 e. The van der Waals surface area contributed by atoms with Gasteiger partial charge in [-0.3, -0.25) is 0 Å². The van der Waals surface area contributed by atoms with Gasteiger partial charge in [-0.15, -0.1) is 0 Å². The van der Waals surface area contributed by atoms with Gasteiger partial charge in [0.1, 0.15) is 6.07 Å². The summed E-state index contributed by atoms with van der Waals surface area (Å²) >= 11 is 5.94. The van der Waals surface area contributed by atoms with Gasteiger partial charge >= 0.3 is 0 Å². The normalized spacial score (nSPS) is 16.9. The average molecular weight is 298 g/mol. The smallest absolute Gasteiger partial charge is 0.101 e. The third-order valence-corrected chi connectivity index (χ3v) is 4.15. The summed E-state index contributed by atoms with van der Waals surface area (Å²) in [5, 5.41) is 13.3. The summed E-state index contributed by atoms with van der Waals surface area (Å²) in [6.07, 6.45) is 3.22. The Morgan fingerprint density at radius 3 is 2.90 bits per heavy atom. The minimum Gasteiger partial charge on any atom is -0.399 e. The van der Waals surface area contributed by atoms with Crippen molar-refractivity contribution in [3.8, 4) is 6.07 Å². The zero-order chi connectivity index (χ0) is 14.8. The van der Waals surface area contributed by atoms with E-state index in [9.17, 15) is 5.26 Å². The molecule has 3 nitrogen and oxygen atoms in total. The Bertz CT molecular complexity index is 718. The number of hydrogen-bond donors (Lipinski definition) is 2. The summed E-state index contributed by atoms with van der Waals surface area (Å²) < 4.78 is 0. The van der Waals surface area contributed by atoms with Crippen LogP contribution in [0.1, 0.15) is 35.6 Å². The molecule has 0 spiro atoms. The van der Waals surface area contributed by atoms with E-state index >= 15 is 0 Å². The van der Waals surface area contributed by atoms with Crippen molar-refractivity contribution in [2.24, 2.45) is 0 Å². The Morgan fingerprint density at radius 1 is 1.24 bits per heavy atom. The fourth-order valence-corrected chi connectivity index (χ4v) is 3.08. The van der Waals surface area contributed by atoms with Crippen LogP contribution in [0.15, 0.2) is 36.4 Å². The number of anilines is 2. The summed E-state index contributed by atoms with van der Waals surface area (Å²) in [6.45, 7) is 0. The Labute approximate surface area is 129 Å². The molecule has 0 radical (unpaired) electrons. The van der Waals surface area contributed by atoms with E-state index < -0.39 is 0 Å². The molecule has 3 rings (SSSR count). The number of nitriles is 1. The topological polar surface area (TPSA) is 61.8 Å². The lowest BCUT2D eigenvalue weighted by Crippen LogP contribution is -2.18. The molecule has 4 heteroatoms. The lowest BCUT2D eigenvalue weighted by molar-refractivity contribution is 0.600. The number of benzene rings is 2. The number of nitrogens with zero attached hydrogens (tertiary/aromatic N) is 1. The van der Waals surface area contributed by atoms with Crippen molar-refractivity contribution in [3.63, 3.8) is 0 Å². The van der Waals surface area contributed by atoms with E-state index in [1.807, 2.05) is 12.1 Å². The lowest BCUT2D eigenvalue weighted by atomic mass is 9.87. The molecule has 0 heterocycles. The maximum atomic E-state index is 9.24. The van der Waals surface area contributed by atoms with Crippen LogP contribution >= 0.6 is 11.6 Å². The van der Waals surface area contributed by atoms with Crippen LogP contribution in [0, 0.1) is 11.3 Å². The summed E-state index contributed by atoms with van der Waals surface area (Å²) in [5.74, 6) is 0. The number of nitrogens with two attached hydrogens (primary N) is 1. The molecule has 1 unspecified atom stereocenters. The second-order valence-electron chi connectivity index (χ2n) is 5.35. The molecule has 0 amide bonds. The molecule has 0 aliphatic heterocycles. The van der Waals surface area contributed by atoms with Crippen molar-refractivity contribution >= 4 is 23.0 Å². The monoisotopic (exact) mass is 297 g/mol. The van der Waals surface area contributed by atoms with E-state index in [1.165, 1.54) is 11.1 Å². The lowest BCUT2D eigenvalue weighted by Gasteiger charge is -2.28. The highest BCUT2D eigenvalue weighted by Gasteiger charge is 2.21. The Hall–Kier alpha value is -2.18. The van der Waals surface area contributed by atoms with E-state index in [2.05, 4.69) is 23.5 Å². The van der Waals surface area contributed by atoms with Crippen LogP contribution in [0.4, 0.5) is 11.4 Å². The molecule has 3 N–H and O–H groups in total. The van der Waals surface area contributed by atoms with Gasteiger partial charge in [-0.05, 0) is 60.7 Å². The standard InChI is InChI=1S/C17H16ClN3/c18-13-4-7-16(12(8-13)10-19)21-17-3-1-2-11-9-14(20)5-6-15(11)17/h4-9,17,21H,1-3,20H2. The molecule has 2 aromatic rings. The molecule has 0 saturated heterocycles. The van der Waals surface area contributed by atoms with Crippen molar-refractivity contribution in [1.29, 1.82) is 5.26 Å². The SMILES string of the molecule is N#Cc1cc(Cl)ccc1NC1CCCc2cc(N)ccc21. The number of aryl methyl sites for hydroxylation is 1. The molecule has 0 bridgehead atoms. The van der Waals surface area contributed by atoms with Crippen molar-refractivity contribution in [1.82, 2.24) is 0 Å². The molecule has 1 aliphatic rings. The fourth-order valence-electron chi connectivity index (χ4n) is 2.91. The van der Waals surface area contributed by atoms with Gasteiger partial charge < -0.3 is 11.1 Å². The second-order valence-corrected chi connectivity index (χ2v) is 5.79. The molecule has 0 fully saturated rings. The van der Waals surface area contributed by atoms with Crippen molar-refractivity contribution in [3.05, 3.63) is 58.1 Å². The van der Waals surface area contributed by atoms with Crippen LogP contribution in [0.5, 0.6) is 0 Å². The van der Waals surface area contributed by atoms with Gasteiger partial charge in [-0.1, -0.05) is 17.7 Å². The predicted octanol–water partition coefficient (Wildman–Crippen LogP) is 4.28. The van der Waals surface area contributed by atoms with Gasteiger partial charge in [0.05, 0.1) is 17.3 Å². The third-order valence-electron chi connectivity index (χ3n) is 3.91. The number of nitrogens with one attached hydrogen (secondary N) is 1. The minimum absolute atomic E-state index is 0.211. The Kier molecular flexibility index (Phi) is 3.72. The Balaban J connectivity index is 1.92. The van der Waals surface area contributed by atoms with Crippen LogP contribution in [0.3, 0.4) is 0 Å². The second kappa shape index (κ2) is 5.67. The maximum absolute atomic E-state index is 9.24. The quantitative estimate of drug-likeness (QED) is 0.813. The van der Waals surface area contributed by atoms with E-state index in [0.29, 0.717) is 10.6 Å². The van der Waals surface area contributed by atoms with Crippen molar-refractivity contribution < 1.29 is 0 Å². The number of halogens is 1. The fraction of sp³-hybridized carbons (Fsp3) is 0.235. The highest BCUT2D eigenvalue weighted by atomic mass is 35.5. The number of rotatable bonds is 2. The predicted molar refractivity (Wildman–Crippen MR) is 86.3 cm³/mol. The van der Waals surface area contributed by atoms with Gasteiger partial charge in [0.25, 0.3) is 0 Å². The first kappa shape index (κ1) is 13.8. The Morgan fingerprint density at radius 2 is 2.10 bits per heavy atom. The number of nitrogen functional groups attached to an aromatic ring is 1. The van der Waals surface area contributed by atoms with Crippen LogP contribution in [0.25, 0.3) is 0 Å². The zero-order valence-electron chi connectivity index (χ0n) is 11.6. The van der Waals surface area contributed by atoms with Crippen LogP contribution in [-0.4, -0.2) is 0 Å². The van der Waals surface area contributed by atoms with Crippen LogP contribution in [-0.2, 0) is 6.42 Å². The molecule has 106 valence electrons. The molecule has 0 saturated carbocycles. The first-order valence-corrected chi connectivity index (χ1v) is 7.39. The minimum atomic E-state index is 0.211. The molecule has 0 aromatic heterocycles. The van der Waals surface area contributed by atoms with E-state index in [4.69, 9.17) is 17.3 Å². The summed E-state index contributed by atoms with van der Waals surface area (Å²) in [4.78, 5) is 0. The molecule has 21 heavy (non-hydrogen) atoms. The summed E-state index contributed by atoms with van der Waals surface area (Å²) in [6, 6.07) is 13.8. The first-order chi connectivity index (χ1) is 10.2. The van der Waals surface area contributed by atoms with Gasteiger partial charge in [-0.2, -0.15) is 5.26 Å². The molecular weight excluding hydrogens is 282 g/mol. The van der Waals surface area contributed by atoms with Gasteiger partial charge in [-0.25, -0.2) is 0 Å². The third kappa shape index (κ3) is 2.81. The zero-order valence-corrected chi connectivity index (χ0v) is 12.3. The number of hydrogen-bond acceptors (Lipinski definition) is 3. The van der Waals surface area contributed by atoms with Gasteiger partial charge in [0.15, 0.2) is 0 Å². The summed E-state index contributed by atoms with van der Waals surface area (Å²) in [5.41, 5.74) is 10.6. The van der Waals surface area contributed by atoms with Crippen LogP contribution in [0.2, 0.25) is 5.02 Å². The van der Waals surface area contributed by atoms with Crippen molar-refractivity contribution in [2.75, 3.05) is 11.1 Å². The molecule has 1 atom stereocenters.